The van der Waals surface area contributed by atoms with Crippen molar-refractivity contribution in [1.29, 1.82) is 0 Å². The average Bonchev–Trinajstić information content (AvgIpc) is 3.42. The third-order valence-corrected chi connectivity index (χ3v) is 5.40. The molecule has 3 aromatic rings. The minimum atomic E-state index is -0.255. The maximum Gasteiger partial charge on any atom is 0.321 e. The highest BCUT2D eigenvalue weighted by molar-refractivity contribution is 6.42. The van der Waals surface area contributed by atoms with Gasteiger partial charge < -0.3 is 10.2 Å². The third-order valence-electron chi connectivity index (χ3n) is 4.54. The molecule has 0 radical (unpaired) electrons. The summed E-state index contributed by atoms with van der Waals surface area (Å²) in [5.41, 5.74) is 2.30. The lowest BCUT2D eigenvalue weighted by atomic mass is 10.2. The van der Waals surface area contributed by atoms with E-state index in [1.165, 1.54) is 0 Å². The number of amides is 2. The Morgan fingerprint density at radius 2 is 2.04 bits per heavy atom. The molecule has 0 aliphatic heterocycles. The highest BCUT2D eigenvalue weighted by Gasteiger charge is 2.28. The summed E-state index contributed by atoms with van der Waals surface area (Å²) in [6.07, 6.45) is 2.18. The maximum absolute atomic E-state index is 12.6. The molecule has 1 fully saturated rings. The van der Waals surface area contributed by atoms with E-state index in [2.05, 4.69) is 20.8 Å². The SMILES string of the molecule is CN(Cc1cccc(Cl)c1Cl)C(=O)Nc1cccc(-c2nnnn2C2CC2)c1. The quantitative estimate of drug-likeness (QED) is 0.656. The Hall–Kier alpha value is -2.64. The molecule has 2 amide bonds. The number of carbonyl (C=O) groups excluding carboxylic acids is 1. The minimum Gasteiger partial charge on any atom is -0.323 e. The van der Waals surface area contributed by atoms with Crippen molar-refractivity contribution in [3.05, 3.63) is 58.1 Å². The number of carbonyl (C=O) groups is 1. The number of anilines is 1. The van der Waals surface area contributed by atoms with Gasteiger partial charge in [-0.1, -0.05) is 47.5 Å². The molecule has 7 nitrogen and oxygen atoms in total. The lowest BCUT2D eigenvalue weighted by Gasteiger charge is -2.19. The topological polar surface area (TPSA) is 75.9 Å². The zero-order valence-corrected chi connectivity index (χ0v) is 16.7. The molecule has 0 saturated heterocycles. The largest absolute Gasteiger partial charge is 0.323 e. The van der Waals surface area contributed by atoms with Gasteiger partial charge in [0, 0.05) is 24.8 Å². The first-order valence-electron chi connectivity index (χ1n) is 8.86. The summed E-state index contributed by atoms with van der Waals surface area (Å²) in [7, 11) is 1.70. The van der Waals surface area contributed by atoms with Gasteiger partial charge >= 0.3 is 6.03 Å². The van der Waals surface area contributed by atoms with Gasteiger partial charge in [0.2, 0.25) is 0 Å². The van der Waals surface area contributed by atoms with Gasteiger partial charge in [-0.15, -0.1) is 5.10 Å². The Labute approximate surface area is 172 Å². The smallest absolute Gasteiger partial charge is 0.321 e. The van der Waals surface area contributed by atoms with Gasteiger partial charge in [0.05, 0.1) is 16.1 Å². The summed E-state index contributed by atoms with van der Waals surface area (Å²) in [4.78, 5) is 14.1. The first-order chi connectivity index (χ1) is 13.5. The molecule has 0 atom stereocenters. The summed E-state index contributed by atoms with van der Waals surface area (Å²) in [5.74, 6) is 0.706. The first kappa shape index (κ1) is 18.7. The Balaban J connectivity index is 1.47. The number of halogens is 2. The molecule has 1 aliphatic carbocycles. The number of tetrazole rings is 1. The minimum absolute atomic E-state index is 0.255. The summed E-state index contributed by atoms with van der Waals surface area (Å²) in [6.45, 7) is 0.338. The van der Waals surface area contributed by atoms with Gasteiger partial charge in [-0.2, -0.15) is 0 Å². The number of rotatable bonds is 5. The number of urea groups is 1. The molecule has 4 rings (SSSR count). The molecular formula is C19H18Cl2N6O. The summed E-state index contributed by atoms with van der Waals surface area (Å²) in [6, 6.07) is 13.0. The van der Waals surface area contributed by atoms with Crippen molar-refractivity contribution in [2.24, 2.45) is 0 Å². The average molecular weight is 417 g/mol. The van der Waals surface area contributed by atoms with Crippen molar-refractivity contribution in [3.63, 3.8) is 0 Å². The van der Waals surface area contributed by atoms with E-state index in [9.17, 15) is 4.79 Å². The van der Waals surface area contributed by atoms with Crippen LogP contribution in [0.1, 0.15) is 24.4 Å². The van der Waals surface area contributed by atoms with Gasteiger partial charge in [-0.05, 0) is 47.0 Å². The Bertz CT molecular complexity index is 1020. The molecule has 0 unspecified atom stereocenters. The predicted molar refractivity (Wildman–Crippen MR) is 108 cm³/mol. The van der Waals surface area contributed by atoms with Gasteiger partial charge in [0.15, 0.2) is 5.82 Å². The fourth-order valence-corrected chi connectivity index (χ4v) is 3.28. The van der Waals surface area contributed by atoms with Gasteiger partial charge in [-0.25, -0.2) is 9.48 Å². The second kappa shape index (κ2) is 7.77. The van der Waals surface area contributed by atoms with Crippen molar-refractivity contribution < 1.29 is 4.79 Å². The van der Waals surface area contributed by atoms with E-state index in [-0.39, 0.29) is 6.03 Å². The second-order valence-corrected chi connectivity index (χ2v) is 7.54. The van der Waals surface area contributed by atoms with Crippen molar-refractivity contribution in [3.8, 4) is 11.4 Å². The van der Waals surface area contributed by atoms with Crippen LogP contribution in [0.15, 0.2) is 42.5 Å². The van der Waals surface area contributed by atoms with Crippen LogP contribution in [0.25, 0.3) is 11.4 Å². The van der Waals surface area contributed by atoms with Crippen LogP contribution < -0.4 is 5.32 Å². The lowest BCUT2D eigenvalue weighted by Crippen LogP contribution is -2.30. The number of hydrogen-bond acceptors (Lipinski definition) is 4. The molecule has 9 heteroatoms. The number of benzene rings is 2. The van der Waals surface area contributed by atoms with Crippen molar-refractivity contribution in [2.45, 2.75) is 25.4 Å². The Kier molecular flexibility index (Phi) is 5.19. The summed E-state index contributed by atoms with van der Waals surface area (Å²) < 4.78 is 1.84. The zero-order chi connectivity index (χ0) is 19.7. The first-order valence-corrected chi connectivity index (χ1v) is 9.62. The van der Waals surface area contributed by atoms with Crippen LogP contribution in [0.3, 0.4) is 0 Å². The normalized spacial score (nSPS) is 13.4. The maximum atomic E-state index is 12.6. The van der Waals surface area contributed by atoms with Crippen molar-refractivity contribution in [2.75, 3.05) is 12.4 Å². The molecule has 1 aromatic heterocycles. The highest BCUT2D eigenvalue weighted by Crippen LogP contribution is 2.36. The predicted octanol–water partition coefficient (Wildman–Crippen LogP) is 4.65. The molecule has 1 saturated carbocycles. The van der Waals surface area contributed by atoms with Crippen molar-refractivity contribution in [1.82, 2.24) is 25.1 Å². The monoisotopic (exact) mass is 416 g/mol. The van der Waals surface area contributed by atoms with E-state index < -0.39 is 0 Å². The van der Waals surface area contributed by atoms with E-state index in [1.807, 2.05) is 41.1 Å². The Morgan fingerprint density at radius 3 is 2.82 bits per heavy atom. The van der Waals surface area contributed by atoms with Crippen LogP contribution >= 0.6 is 23.2 Å². The van der Waals surface area contributed by atoms with E-state index in [0.717, 1.165) is 24.0 Å². The molecule has 0 bridgehead atoms. The third kappa shape index (κ3) is 3.95. The van der Waals surface area contributed by atoms with Crippen LogP contribution in [0, 0.1) is 0 Å². The van der Waals surface area contributed by atoms with E-state index >= 15 is 0 Å². The van der Waals surface area contributed by atoms with Gasteiger partial charge in [-0.3, -0.25) is 0 Å². The standard InChI is InChI=1S/C19H18Cl2N6O/c1-26(11-13-5-3-7-16(20)17(13)21)19(28)22-14-6-2-4-12(10-14)18-23-24-25-27(18)15-8-9-15/h2-7,10,15H,8-9,11H2,1H3,(H,22,28). The number of nitrogens with one attached hydrogen (secondary N) is 1. The van der Waals surface area contributed by atoms with Crippen LogP contribution in [0.5, 0.6) is 0 Å². The van der Waals surface area contributed by atoms with Gasteiger partial charge in [0.1, 0.15) is 0 Å². The number of nitrogens with zero attached hydrogens (tertiary/aromatic N) is 5. The van der Waals surface area contributed by atoms with E-state index in [4.69, 9.17) is 23.2 Å². The number of aromatic nitrogens is 4. The van der Waals surface area contributed by atoms with Crippen LogP contribution in [0.2, 0.25) is 10.0 Å². The van der Waals surface area contributed by atoms with Gasteiger partial charge in [0.25, 0.3) is 0 Å². The second-order valence-electron chi connectivity index (χ2n) is 6.76. The molecule has 1 N–H and O–H groups in total. The van der Waals surface area contributed by atoms with Crippen LogP contribution in [-0.2, 0) is 6.54 Å². The fraction of sp³-hybridized carbons (Fsp3) is 0.263. The Morgan fingerprint density at radius 1 is 1.25 bits per heavy atom. The highest BCUT2D eigenvalue weighted by atomic mass is 35.5. The molecular weight excluding hydrogens is 399 g/mol. The molecule has 1 heterocycles. The van der Waals surface area contributed by atoms with E-state index in [1.54, 1.807) is 18.0 Å². The molecule has 28 heavy (non-hydrogen) atoms. The molecule has 2 aromatic carbocycles. The zero-order valence-electron chi connectivity index (χ0n) is 15.1. The van der Waals surface area contributed by atoms with E-state index in [0.29, 0.717) is 34.1 Å². The molecule has 0 spiro atoms. The van der Waals surface area contributed by atoms with Crippen LogP contribution in [-0.4, -0.2) is 38.2 Å². The molecule has 144 valence electrons. The summed E-state index contributed by atoms with van der Waals surface area (Å²) in [5, 5.41) is 15.8. The summed E-state index contributed by atoms with van der Waals surface area (Å²) >= 11 is 12.3. The molecule has 1 aliphatic rings. The fourth-order valence-electron chi connectivity index (χ4n) is 2.90. The van der Waals surface area contributed by atoms with Crippen molar-refractivity contribution >= 4 is 34.9 Å². The number of hydrogen-bond donors (Lipinski definition) is 1. The van der Waals surface area contributed by atoms with Crippen LogP contribution in [0.4, 0.5) is 10.5 Å². The lowest BCUT2D eigenvalue weighted by molar-refractivity contribution is 0.220.